The average Bonchev–Trinajstić information content (AvgIpc) is 3.01. The molecule has 3 rings (SSSR count). The maximum absolute atomic E-state index is 12.2. The van der Waals surface area contributed by atoms with E-state index in [9.17, 15) is 14.4 Å². The van der Waals surface area contributed by atoms with Gasteiger partial charge >= 0.3 is 5.97 Å². The van der Waals surface area contributed by atoms with Crippen molar-refractivity contribution in [2.45, 2.75) is 20.3 Å². The minimum absolute atomic E-state index is 0.103. The van der Waals surface area contributed by atoms with Gasteiger partial charge in [0, 0.05) is 29.7 Å². The van der Waals surface area contributed by atoms with Crippen LogP contribution in [0.1, 0.15) is 36.2 Å². The summed E-state index contributed by atoms with van der Waals surface area (Å²) in [4.78, 5) is 35.9. The van der Waals surface area contributed by atoms with Crippen LogP contribution in [0.25, 0.3) is 6.08 Å². The lowest BCUT2D eigenvalue weighted by atomic mass is 10.1. The summed E-state index contributed by atoms with van der Waals surface area (Å²) in [5.74, 6) is 0.114. The standard InChI is InChI=1S/C24H25NO6/c1-16(2)24(28)25-19-8-6-18(7-9-19)20(26)15-31-23(27)11-5-17-4-10-21-22(14-17)30-13-3-12-29-21/h4-11,14,16H,3,12-13,15H2,1-2H3,(H,25,28)/b11-5+. The van der Waals surface area contributed by atoms with Crippen molar-refractivity contribution in [1.29, 1.82) is 0 Å². The Bertz CT molecular complexity index is 978. The van der Waals surface area contributed by atoms with Crippen molar-refractivity contribution in [2.24, 2.45) is 5.92 Å². The Kier molecular flexibility index (Phi) is 7.43. The Morgan fingerprint density at radius 3 is 2.45 bits per heavy atom. The molecule has 0 spiro atoms. The van der Waals surface area contributed by atoms with Gasteiger partial charge in [0.1, 0.15) is 0 Å². The highest BCUT2D eigenvalue weighted by atomic mass is 16.5. The fourth-order valence-electron chi connectivity index (χ4n) is 2.74. The van der Waals surface area contributed by atoms with E-state index >= 15 is 0 Å². The van der Waals surface area contributed by atoms with Crippen molar-refractivity contribution < 1.29 is 28.6 Å². The number of ketones is 1. The number of hydrogen-bond acceptors (Lipinski definition) is 6. The molecule has 1 aliphatic heterocycles. The average molecular weight is 423 g/mol. The lowest BCUT2D eigenvalue weighted by Crippen LogP contribution is -2.18. The van der Waals surface area contributed by atoms with Crippen molar-refractivity contribution in [1.82, 2.24) is 0 Å². The van der Waals surface area contributed by atoms with Gasteiger partial charge in [-0.2, -0.15) is 0 Å². The van der Waals surface area contributed by atoms with E-state index in [0.717, 1.165) is 12.0 Å². The van der Waals surface area contributed by atoms with Gasteiger partial charge in [-0.25, -0.2) is 4.79 Å². The minimum atomic E-state index is -0.624. The van der Waals surface area contributed by atoms with Gasteiger partial charge in [0.25, 0.3) is 0 Å². The minimum Gasteiger partial charge on any atom is -0.490 e. The molecule has 0 fully saturated rings. The highest BCUT2D eigenvalue weighted by Crippen LogP contribution is 2.30. The van der Waals surface area contributed by atoms with Gasteiger partial charge in [-0.15, -0.1) is 0 Å². The molecule has 0 aliphatic carbocycles. The number of carbonyl (C=O) groups is 3. The zero-order chi connectivity index (χ0) is 22.2. The Labute approximate surface area is 181 Å². The van der Waals surface area contributed by atoms with E-state index in [0.29, 0.717) is 36.0 Å². The number of carbonyl (C=O) groups excluding carboxylic acids is 3. The molecule has 0 unspecified atom stereocenters. The van der Waals surface area contributed by atoms with Crippen LogP contribution >= 0.6 is 0 Å². The zero-order valence-electron chi connectivity index (χ0n) is 17.6. The Balaban J connectivity index is 1.50. The molecule has 0 bridgehead atoms. The largest absolute Gasteiger partial charge is 0.490 e. The van der Waals surface area contributed by atoms with Crippen molar-refractivity contribution >= 4 is 29.4 Å². The molecule has 0 aromatic heterocycles. The molecule has 0 radical (unpaired) electrons. The number of anilines is 1. The van der Waals surface area contributed by atoms with E-state index in [-0.39, 0.29) is 24.2 Å². The van der Waals surface area contributed by atoms with Crippen LogP contribution in [0.4, 0.5) is 5.69 Å². The monoisotopic (exact) mass is 423 g/mol. The molecule has 0 saturated heterocycles. The number of fused-ring (bicyclic) bond motifs is 1. The molecule has 162 valence electrons. The second-order valence-electron chi connectivity index (χ2n) is 7.34. The molecule has 1 N–H and O–H groups in total. The Morgan fingerprint density at radius 1 is 1.03 bits per heavy atom. The quantitative estimate of drug-likeness (QED) is 0.413. The number of esters is 1. The summed E-state index contributed by atoms with van der Waals surface area (Å²) < 4.78 is 16.2. The maximum atomic E-state index is 12.2. The summed E-state index contributed by atoms with van der Waals surface area (Å²) in [6.07, 6.45) is 3.67. The number of Topliss-reactive ketones (excluding diaryl/α,β-unsaturated/α-hetero) is 1. The molecule has 0 atom stereocenters. The van der Waals surface area contributed by atoms with Crippen LogP contribution in [0.15, 0.2) is 48.5 Å². The fraction of sp³-hybridized carbons (Fsp3) is 0.292. The highest BCUT2D eigenvalue weighted by Gasteiger charge is 2.12. The van der Waals surface area contributed by atoms with Gasteiger partial charge in [0.15, 0.2) is 23.9 Å². The molecule has 1 heterocycles. The van der Waals surface area contributed by atoms with Gasteiger partial charge in [0.2, 0.25) is 5.91 Å². The second-order valence-corrected chi connectivity index (χ2v) is 7.34. The first-order valence-corrected chi connectivity index (χ1v) is 10.1. The van der Waals surface area contributed by atoms with Gasteiger partial charge in [0.05, 0.1) is 13.2 Å². The van der Waals surface area contributed by atoms with Gasteiger partial charge in [-0.1, -0.05) is 19.9 Å². The fourth-order valence-corrected chi connectivity index (χ4v) is 2.74. The predicted octanol–water partition coefficient (Wildman–Crippen LogP) is 3.88. The smallest absolute Gasteiger partial charge is 0.331 e. The molecule has 7 nitrogen and oxygen atoms in total. The first kappa shape index (κ1) is 22.1. The Morgan fingerprint density at radius 2 is 1.74 bits per heavy atom. The molecule has 7 heteroatoms. The predicted molar refractivity (Wildman–Crippen MR) is 116 cm³/mol. The summed E-state index contributed by atoms with van der Waals surface area (Å²) in [6.45, 7) is 4.41. The normalized spacial score (nSPS) is 13.0. The third-order valence-corrected chi connectivity index (χ3v) is 4.53. The third-order valence-electron chi connectivity index (χ3n) is 4.53. The second kappa shape index (κ2) is 10.4. The lowest BCUT2D eigenvalue weighted by Gasteiger charge is -2.08. The molecule has 1 aliphatic rings. The number of hydrogen-bond donors (Lipinski definition) is 1. The molecule has 2 aromatic carbocycles. The van der Waals surface area contributed by atoms with Crippen molar-refractivity contribution in [3.63, 3.8) is 0 Å². The van der Waals surface area contributed by atoms with Crippen molar-refractivity contribution in [3.8, 4) is 11.5 Å². The number of benzene rings is 2. The summed E-state index contributed by atoms with van der Waals surface area (Å²) in [5, 5.41) is 2.75. The van der Waals surface area contributed by atoms with Gasteiger partial charge in [-0.05, 0) is 48.0 Å². The van der Waals surface area contributed by atoms with E-state index in [1.807, 2.05) is 6.07 Å². The summed E-state index contributed by atoms with van der Waals surface area (Å²) in [6, 6.07) is 11.8. The zero-order valence-corrected chi connectivity index (χ0v) is 17.6. The third kappa shape index (κ3) is 6.44. The Hall–Kier alpha value is -3.61. The lowest BCUT2D eigenvalue weighted by molar-refractivity contribution is -0.136. The number of nitrogens with one attached hydrogen (secondary N) is 1. The van der Waals surface area contributed by atoms with E-state index in [1.165, 1.54) is 6.08 Å². The summed E-state index contributed by atoms with van der Waals surface area (Å²) in [7, 11) is 0. The van der Waals surface area contributed by atoms with Crippen LogP contribution in [-0.4, -0.2) is 37.5 Å². The van der Waals surface area contributed by atoms with Gasteiger partial charge in [-0.3, -0.25) is 9.59 Å². The van der Waals surface area contributed by atoms with Crippen LogP contribution in [-0.2, 0) is 14.3 Å². The van der Waals surface area contributed by atoms with E-state index in [1.54, 1.807) is 56.3 Å². The first-order chi connectivity index (χ1) is 14.9. The van der Waals surface area contributed by atoms with Crippen LogP contribution < -0.4 is 14.8 Å². The van der Waals surface area contributed by atoms with E-state index < -0.39 is 5.97 Å². The van der Waals surface area contributed by atoms with Gasteiger partial charge < -0.3 is 19.5 Å². The topological polar surface area (TPSA) is 90.9 Å². The van der Waals surface area contributed by atoms with Crippen LogP contribution in [0.3, 0.4) is 0 Å². The van der Waals surface area contributed by atoms with Crippen LogP contribution in [0, 0.1) is 5.92 Å². The van der Waals surface area contributed by atoms with Crippen molar-refractivity contribution in [3.05, 3.63) is 59.7 Å². The number of rotatable bonds is 7. The van der Waals surface area contributed by atoms with Crippen molar-refractivity contribution in [2.75, 3.05) is 25.1 Å². The number of amides is 1. The molecule has 1 amide bonds. The summed E-state index contributed by atoms with van der Waals surface area (Å²) >= 11 is 0. The first-order valence-electron chi connectivity index (χ1n) is 10.1. The molecular formula is C24H25NO6. The van der Waals surface area contributed by atoms with E-state index in [4.69, 9.17) is 14.2 Å². The van der Waals surface area contributed by atoms with Crippen LogP contribution in [0.2, 0.25) is 0 Å². The summed E-state index contributed by atoms with van der Waals surface area (Å²) in [5.41, 5.74) is 1.75. The van der Waals surface area contributed by atoms with E-state index in [2.05, 4.69) is 5.32 Å². The molecule has 0 saturated carbocycles. The SMILES string of the molecule is CC(C)C(=O)Nc1ccc(C(=O)COC(=O)/C=C/c2ccc3c(c2)OCCCO3)cc1. The maximum Gasteiger partial charge on any atom is 0.331 e. The molecule has 31 heavy (non-hydrogen) atoms. The molecule has 2 aromatic rings. The van der Waals surface area contributed by atoms with Crippen LogP contribution in [0.5, 0.6) is 11.5 Å². The highest BCUT2D eigenvalue weighted by molar-refractivity contribution is 5.99. The number of ether oxygens (including phenoxy) is 3. The molecular weight excluding hydrogens is 398 g/mol.